The van der Waals surface area contributed by atoms with Gasteiger partial charge in [0.05, 0.1) is 17.1 Å². The highest BCUT2D eigenvalue weighted by Gasteiger charge is 2.07. The average Bonchev–Trinajstić information content (AvgIpc) is 2.92. The molecule has 0 aliphatic heterocycles. The quantitative estimate of drug-likeness (QED) is 0.0870. The molecule has 0 aliphatic carbocycles. The smallest absolute Gasteiger partial charge is 0.0633 e. The second-order valence-electron chi connectivity index (χ2n) is 10.8. The minimum atomic E-state index is 0.724. The number of rotatable bonds is 23. The summed E-state index contributed by atoms with van der Waals surface area (Å²) in [4.78, 5) is 4.84. The van der Waals surface area contributed by atoms with E-state index in [4.69, 9.17) is 10.4 Å². The summed E-state index contributed by atoms with van der Waals surface area (Å²) in [6, 6.07) is 8.64. The van der Waals surface area contributed by atoms with Gasteiger partial charge in [0, 0.05) is 12.8 Å². The van der Waals surface area contributed by atoms with Crippen LogP contribution in [0.5, 0.6) is 0 Å². The Morgan fingerprint density at radius 3 is 1.65 bits per heavy atom. The average molecular weight is 507 g/mol. The van der Waals surface area contributed by atoms with Crippen molar-refractivity contribution in [3.05, 3.63) is 29.8 Å². The van der Waals surface area contributed by atoms with E-state index in [2.05, 4.69) is 56.9 Å². The minimum absolute atomic E-state index is 0.724. The van der Waals surface area contributed by atoms with Crippen molar-refractivity contribution < 1.29 is 0 Å². The highest BCUT2D eigenvalue weighted by atomic mass is 14.8. The molecular weight excluding hydrogens is 448 g/mol. The Morgan fingerprint density at radius 2 is 1.08 bits per heavy atom. The lowest BCUT2D eigenvalue weighted by Gasteiger charge is -2.08. The van der Waals surface area contributed by atoms with Crippen molar-refractivity contribution in [1.29, 1.82) is 5.41 Å². The maximum atomic E-state index is 8.42. The predicted octanol–water partition coefficient (Wildman–Crippen LogP) is 11.6. The van der Waals surface area contributed by atoms with E-state index in [0.29, 0.717) is 0 Å². The molecule has 0 atom stereocenters. The van der Waals surface area contributed by atoms with E-state index in [9.17, 15) is 0 Å². The maximum absolute atomic E-state index is 8.42. The summed E-state index contributed by atoms with van der Waals surface area (Å²) < 4.78 is 0. The molecule has 0 unspecified atom stereocenters. The molecule has 0 radical (unpaired) electrons. The number of hydrogen-bond acceptors (Lipinski definition) is 2. The van der Waals surface area contributed by atoms with E-state index in [0.717, 1.165) is 81.3 Å². The number of hydrogen-bond donors (Lipinski definition) is 1. The minimum Gasteiger partial charge on any atom is -0.303 e. The Morgan fingerprint density at radius 1 is 0.595 bits per heavy atom. The van der Waals surface area contributed by atoms with Gasteiger partial charge in [-0.25, -0.2) is 0 Å². The van der Waals surface area contributed by atoms with Gasteiger partial charge in [0.25, 0.3) is 0 Å². The Labute approximate surface area is 231 Å². The molecule has 1 aromatic carbocycles. The molecule has 0 saturated heterocycles. The SMILES string of the molecule is CCCCCCCCCCCCCCC#CCCCc1ccc(N=C(CCCC)C(=N)CCCC)cc1. The molecule has 2 nitrogen and oxygen atoms in total. The summed E-state index contributed by atoms with van der Waals surface area (Å²) in [7, 11) is 0. The van der Waals surface area contributed by atoms with Gasteiger partial charge in [-0.05, 0) is 62.6 Å². The van der Waals surface area contributed by atoms with Crippen LogP contribution in [0.4, 0.5) is 5.69 Å². The molecule has 1 aromatic rings. The van der Waals surface area contributed by atoms with E-state index < -0.39 is 0 Å². The van der Waals surface area contributed by atoms with Crippen LogP contribution in [0.3, 0.4) is 0 Å². The lowest BCUT2D eigenvalue weighted by molar-refractivity contribution is 0.545. The van der Waals surface area contributed by atoms with Gasteiger partial charge in [-0.15, -0.1) is 11.8 Å². The van der Waals surface area contributed by atoms with Crippen molar-refractivity contribution in [2.75, 3.05) is 0 Å². The number of unbranched alkanes of at least 4 members (excludes halogenated alkanes) is 15. The van der Waals surface area contributed by atoms with Gasteiger partial charge in [0.15, 0.2) is 0 Å². The van der Waals surface area contributed by atoms with Crippen molar-refractivity contribution in [3.8, 4) is 11.8 Å². The summed E-state index contributed by atoms with van der Waals surface area (Å²) in [5, 5.41) is 8.42. The van der Waals surface area contributed by atoms with Crippen LogP contribution in [0.25, 0.3) is 0 Å². The summed E-state index contributed by atoms with van der Waals surface area (Å²) in [5.74, 6) is 6.78. The molecule has 0 heterocycles. The molecule has 0 bridgehead atoms. The number of benzene rings is 1. The van der Waals surface area contributed by atoms with Crippen LogP contribution in [0.1, 0.15) is 161 Å². The first-order valence-electron chi connectivity index (χ1n) is 15.9. The molecule has 0 amide bonds. The highest BCUT2D eigenvalue weighted by molar-refractivity contribution is 6.41. The molecule has 1 rings (SSSR count). The fourth-order valence-corrected chi connectivity index (χ4v) is 4.62. The normalized spacial score (nSPS) is 11.4. The monoisotopic (exact) mass is 506 g/mol. The summed E-state index contributed by atoms with van der Waals surface area (Å²) in [6.45, 7) is 6.67. The second-order valence-corrected chi connectivity index (χ2v) is 10.8. The van der Waals surface area contributed by atoms with Crippen LogP contribution >= 0.6 is 0 Å². The second kappa shape index (κ2) is 24.5. The van der Waals surface area contributed by atoms with Crippen molar-refractivity contribution in [2.45, 2.75) is 162 Å². The van der Waals surface area contributed by atoms with E-state index >= 15 is 0 Å². The number of aliphatic imine (C=N–C) groups is 1. The zero-order valence-corrected chi connectivity index (χ0v) is 24.8. The fourth-order valence-electron chi connectivity index (χ4n) is 4.62. The first-order valence-corrected chi connectivity index (χ1v) is 15.9. The lowest BCUT2D eigenvalue weighted by atomic mass is 10.0. The van der Waals surface area contributed by atoms with Crippen molar-refractivity contribution in [1.82, 2.24) is 0 Å². The zero-order chi connectivity index (χ0) is 26.8. The van der Waals surface area contributed by atoms with Gasteiger partial charge in [-0.3, -0.25) is 4.99 Å². The van der Waals surface area contributed by atoms with Gasteiger partial charge in [-0.2, -0.15) is 0 Å². The van der Waals surface area contributed by atoms with Gasteiger partial charge in [-0.1, -0.05) is 116 Å². The predicted molar refractivity (Wildman–Crippen MR) is 167 cm³/mol. The van der Waals surface area contributed by atoms with E-state index in [1.165, 1.54) is 82.6 Å². The molecule has 0 fully saturated rings. The third kappa shape index (κ3) is 18.9. The zero-order valence-electron chi connectivity index (χ0n) is 24.8. The summed E-state index contributed by atoms with van der Waals surface area (Å²) in [5.41, 5.74) is 4.05. The lowest BCUT2D eigenvalue weighted by Crippen LogP contribution is -2.12. The molecule has 208 valence electrons. The molecule has 0 saturated carbocycles. The Balaban J connectivity index is 2.16. The van der Waals surface area contributed by atoms with Crippen LogP contribution in [-0.4, -0.2) is 11.4 Å². The van der Waals surface area contributed by atoms with E-state index in [1.807, 2.05) is 0 Å². The van der Waals surface area contributed by atoms with Crippen molar-refractivity contribution in [3.63, 3.8) is 0 Å². The van der Waals surface area contributed by atoms with Crippen molar-refractivity contribution >= 4 is 17.1 Å². The molecule has 0 spiro atoms. The Bertz CT molecular complexity index is 763. The molecule has 1 N–H and O–H groups in total. The van der Waals surface area contributed by atoms with Crippen LogP contribution < -0.4 is 0 Å². The van der Waals surface area contributed by atoms with E-state index in [1.54, 1.807) is 0 Å². The maximum Gasteiger partial charge on any atom is 0.0633 e. The number of nitrogens with zero attached hydrogens (tertiary/aromatic N) is 1. The van der Waals surface area contributed by atoms with Gasteiger partial charge >= 0.3 is 0 Å². The summed E-state index contributed by atoms with van der Waals surface area (Å²) in [6.07, 6.45) is 27.3. The van der Waals surface area contributed by atoms with Gasteiger partial charge < -0.3 is 5.41 Å². The molecule has 37 heavy (non-hydrogen) atoms. The number of nitrogens with one attached hydrogen (secondary N) is 1. The third-order valence-electron chi connectivity index (χ3n) is 7.14. The molecule has 0 aliphatic rings. The molecular formula is C35H58N2. The first kappa shape index (κ1) is 33.1. The third-order valence-corrected chi connectivity index (χ3v) is 7.14. The summed E-state index contributed by atoms with van der Waals surface area (Å²) >= 11 is 0. The molecule has 2 heteroatoms. The van der Waals surface area contributed by atoms with Crippen LogP contribution in [-0.2, 0) is 6.42 Å². The molecule has 0 aromatic heterocycles. The van der Waals surface area contributed by atoms with Crippen molar-refractivity contribution in [2.24, 2.45) is 4.99 Å². The van der Waals surface area contributed by atoms with Crippen LogP contribution in [0.2, 0.25) is 0 Å². The van der Waals surface area contributed by atoms with E-state index in [-0.39, 0.29) is 0 Å². The van der Waals surface area contributed by atoms with Gasteiger partial charge in [0.2, 0.25) is 0 Å². The largest absolute Gasteiger partial charge is 0.303 e. The fraction of sp³-hybridized carbons (Fsp3) is 0.714. The first-order chi connectivity index (χ1) is 18.2. The van der Waals surface area contributed by atoms with Crippen LogP contribution in [0, 0.1) is 17.3 Å². The Hall–Kier alpha value is -1.88. The topological polar surface area (TPSA) is 36.2 Å². The standard InChI is InChI=1S/C35H58N2/c1-4-7-10-11-12-13-14-15-16-17-18-19-20-21-22-23-24-25-32-28-30-33(31-29-32)37-35(27-9-6-3)34(36)26-8-5-2/h28-31,36H,4-20,23-27H2,1-3H3. The van der Waals surface area contributed by atoms with Crippen LogP contribution in [0.15, 0.2) is 29.3 Å². The highest BCUT2D eigenvalue weighted by Crippen LogP contribution is 2.17. The van der Waals surface area contributed by atoms with Gasteiger partial charge in [0.1, 0.15) is 0 Å². The Kier molecular flexibility index (Phi) is 21.9. The number of aryl methyl sites for hydroxylation is 1.